The first-order valence-corrected chi connectivity index (χ1v) is 6.24. The summed E-state index contributed by atoms with van der Waals surface area (Å²) in [5.74, 6) is 0. The molecule has 0 aliphatic carbocycles. The van der Waals surface area contributed by atoms with E-state index >= 15 is 0 Å². The molecule has 2 rings (SSSR count). The van der Waals surface area contributed by atoms with Gasteiger partial charge < -0.3 is 0 Å². The maximum absolute atomic E-state index is 3.69. The highest BCUT2D eigenvalue weighted by Gasteiger charge is 1.89. The zero-order valence-electron chi connectivity index (χ0n) is 11.5. The van der Waals surface area contributed by atoms with Crippen LogP contribution in [-0.2, 0) is 0 Å². The van der Waals surface area contributed by atoms with Gasteiger partial charge in [0, 0.05) is 0 Å². The van der Waals surface area contributed by atoms with E-state index in [1.165, 1.54) is 11.1 Å². The fraction of sp³-hybridized carbons (Fsp3) is 0.0526. The van der Waals surface area contributed by atoms with Crippen LogP contribution in [0.5, 0.6) is 0 Å². The van der Waals surface area contributed by atoms with E-state index in [4.69, 9.17) is 0 Å². The molecule has 0 spiro atoms. The summed E-state index contributed by atoms with van der Waals surface area (Å²) in [5, 5.41) is 0. The van der Waals surface area contributed by atoms with Crippen LogP contribution in [0.3, 0.4) is 0 Å². The molecule has 0 atom stereocenters. The molecule has 0 aliphatic rings. The van der Waals surface area contributed by atoms with Gasteiger partial charge in [-0.25, -0.2) is 0 Å². The lowest BCUT2D eigenvalue weighted by Gasteiger charge is -1.96. The minimum atomic E-state index is 1.14. The van der Waals surface area contributed by atoms with Crippen molar-refractivity contribution in [3.8, 4) is 0 Å². The molecule has 2 aromatic carbocycles. The van der Waals surface area contributed by atoms with Gasteiger partial charge in [-0.2, -0.15) is 0 Å². The monoisotopic (exact) mass is 248 g/mol. The van der Waals surface area contributed by atoms with Crippen molar-refractivity contribution in [3.63, 3.8) is 0 Å². The van der Waals surface area contributed by atoms with Gasteiger partial charge in [-0.15, -0.1) is 0 Å². The second-order valence-electron chi connectivity index (χ2n) is 4.15. The van der Waals surface area contributed by atoms with Gasteiger partial charge in [0.05, 0.1) is 0 Å². The molecule has 0 heterocycles. The van der Waals surface area contributed by atoms with E-state index in [-0.39, 0.29) is 0 Å². The van der Waals surface area contributed by atoms with E-state index in [1.54, 1.807) is 0 Å². The third-order valence-corrected chi connectivity index (χ3v) is 2.75. The molecule has 2 aromatic rings. The van der Waals surface area contributed by atoms with E-state index in [2.05, 4.69) is 50.9 Å². The number of hydrogen-bond donors (Lipinski definition) is 0. The van der Waals surface area contributed by atoms with Crippen LogP contribution in [0, 0.1) is 6.92 Å². The molecule has 0 heteroatoms. The summed E-state index contributed by atoms with van der Waals surface area (Å²) in [6.45, 7) is 13.1. The Morgan fingerprint density at radius 2 is 1.16 bits per heavy atom. The lowest BCUT2D eigenvalue weighted by atomic mass is 10.1. The van der Waals surface area contributed by atoms with Crippen LogP contribution in [0.2, 0.25) is 0 Å². The van der Waals surface area contributed by atoms with Crippen molar-refractivity contribution in [3.05, 3.63) is 90.5 Å². The molecule has 0 saturated carbocycles. The topological polar surface area (TPSA) is 0 Å². The third-order valence-electron chi connectivity index (χ3n) is 2.75. The van der Waals surface area contributed by atoms with Gasteiger partial charge in [-0.05, 0) is 23.6 Å². The predicted molar refractivity (Wildman–Crippen MR) is 87.9 cm³/mol. The summed E-state index contributed by atoms with van der Waals surface area (Å²) in [7, 11) is 0. The van der Waals surface area contributed by atoms with Gasteiger partial charge in [-0.1, -0.05) is 92.1 Å². The summed E-state index contributed by atoms with van der Waals surface area (Å²) in [6, 6.07) is 16.3. The summed E-state index contributed by atoms with van der Waals surface area (Å²) in [6.07, 6.45) is 5.51. The third kappa shape index (κ3) is 4.81. The molecule has 0 fully saturated rings. The van der Waals surface area contributed by atoms with Crippen LogP contribution >= 0.6 is 0 Å². The Balaban J connectivity index is 0.000000191. The van der Waals surface area contributed by atoms with E-state index in [0.717, 1.165) is 11.1 Å². The molecule has 0 nitrogen and oxygen atoms in total. The fourth-order valence-electron chi connectivity index (χ4n) is 1.59. The van der Waals surface area contributed by atoms with E-state index in [0.29, 0.717) is 0 Å². The minimum absolute atomic E-state index is 1.14. The molecule has 0 N–H and O–H groups in total. The maximum Gasteiger partial charge on any atom is -0.0190 e. The van der Waals surface area contributed by atoms with Crippen LogP contribution in [0.4, 0.5) is 0 Å². The zero-order chi connectivity index (χ0) is 14.1. The van der Waals surface area contributed by atoms with Gasteiger partial charge in [0.25, 0.3) is 0 Å². The smallest absolute Gasteiger partial charge is 0.0190 e. The Kier molecular flexibility index (Phi) is 6.11. The van der Waals surface area contributed by atoms with E-state index in [9.17, 15) is 0 Å². The molecule has 0 unspecified atom stereocenters. The first kappa shape index (κ1) is 14.7. The Labute approximate surface area is 116 Å². The number of benzene rings is 2. The van der Waals surface area contributed by atoms with Crippen LogP contribution < -0.4 is 0 Å². The molecule has 0 saturated heterocycles. The van der Waals surface area contributed by atoms with Crippen molar-refractivity contribution >= 4 is 18.2 Å². The molecular formula is C19H20. The molecule has 96 valence electrons. The van der Waals surface area contributed by atoms with Crippen molar-refractivity contribution in [1.29, 1.82) is 0 Å². The predicted octanol–water partition coefficient (Wildman–Crippen LogP) is 5.61. The summed E-state index contributed by atoms with van der Waals surface area (Å²) >= 11 is 0. The van der Waals surface area contributed by atoms with Gasteiger partial charge in [-0.3, -0.25) is 0 Å². The fourth-order valence-corrected chi connectivity index (χ4v) is 1.59. The van der Waals surface area contributed by atoms with Crippen molar-refractivity contribution in [2.24, 2.45) is 0 Å². The summed E-state index contributed by atoms with van der Waals surface area (Å²) < 4.78 is 0. The molecule has 0 radical (unpaired) electrons. The first-order valence-electron chi connectivity index (χ1n) is 6.24. The van der Waals surface area contributed by atoms with Crippen LogP contribution in [0.1, 0.15) is 22.3 Å². The van der Waals surface area contributed by atoms with Crippen LogP contribution in [0.25, 0.3) is 18.2 Å². The van der Waals surface area contributed by atoms with Crippen LogP contribution in [-0.4, -0.2) is 0 Å². The zero-order valence-corrected chi connectivity index (χ0v) is 11.5. The second kappa shape index (κ2) is 7.88. The van der Waals surface area contributed by atoms with Gasteiger partial charge in [0.15, 0.2) is 0 Å². The summed E-state index contributed by atoms with van der Waals surface area (Å²) in [5.41, 5.74) is 4.75. The van der Waals surface area contributed by atoms with Crippen molar-refractivity contribution in [2.45, 2.75) is 6.92 Å². The van der Waals surface area contributed by atoms with Crippen molar-refractivity contribution in [2.75, 3.05) is 0 Å². The highest BCUT2D eigenvalue weighted by atomic mass is 13.9. The normalized spacial score (nSPS) is 8.89. The maximum atomic E-state index is 3.69. The Morgan fingerprint density at radius 1 is 0.684 bits per heavy atom. The Hall–Kier alpha value is -2.34. The highest BCUT2D eigenvalue weighted by Crippen LogP contribution is 2.10. The summed E-state index contributed by atoms with van der Waals surface area (Å²) in [4.78, 5) is 0. The van der Waals surface area contributed by atoms with Gasteiger partial charge in [0.1, 0.15) is 0 Å². The number of hydrogen-bond acceptors (Lipinski definition) is 0. The number of rotatable bonds is 3. The van der Waals surface area contributed by atoms with Crippen molar-refractivity contribution in [1.82, 2.24) is 0 Å². The molecule has 19 heavy (non-hydrogen) atoms. The van der Waals surface area contributed by atoms with Crippen LogP contribution in [0.15, 0.2) is 68.3 Å². The highest BCUT2D eigenvalue weighted by molar-refractivity contribution is 5.63. The lowest BCUT2D eigenvalue weighted by molar-refractivity contribution is 1.46. The Bertz CT molecular complexity index is 518. The Morgan fingerprint density at radius 3 is 1.53 bits per heavy atom. The van der Waals surface area contributed by atoms with E-state index in [1.807, 2.05) is 42.5 Å². The SMILES string of the molecule is C=Cc1ccc(C)cc1.C=Cc1ccccc1C=C. The average molecular weight is 248 g/mol. The van der Waals surface area contributed by atoms with Crippen molar-refractivity contribution < 1.29 is 0 Å². The van der Waals surface area contributed by atoms with Gasteiger partial charge >= 0.3 is 0 Å². The van der Waals surface area contributed by atoms with Gasteiger partial charge in [0.2, 0.25) is 0 Å². The lowest BCUT2D eigenvalue weighted by Crippen LogP contribution is -1.76. The average Bonchev–Trinajstić information content (AvgIpc) is 2.48. The minimum Gasteiger partial charge on any atom is -0.0985 e. The second-order valence-corrected chi connectivity index (χ2v) is 4.15. The number of aryl methyl sites for hydroxylation is 1. The molecule has 0 aromatic heterocycles. The molecule has 0 amide bonds. The first-order chi connectivity index (χ1) is 9.21. The van der Waals surface area contributed by atoms with E-state index < -0.39 is 0 Å². The molecule has 0 bridgehead atoms. The quantitative estimate of drug-likeness (QED) is 0.662. The molecule has 0 aliphatic heterocycles. The molecular weight excluding hydrogens is 228 g/mol. The largest absolute Gasteiger partial charge is 0.0985 e. The standard InChI is InChI=1S/C10H10.C9H10/c1-3-9-7-5-6-8-10(9)4-2;1-3-9-6-4-8(2)5-7-9/h3-8H,1-2H2;3-7H,1H2,2H3.